The first kappa shape index (κ1) is 13.3. The van der Waals surface area contributed by atoms with Crippen molar-refractivity contribution in [3.63, 3.8) is 0 Å². The van der Waals surface area contributed by atoms with Crippen LogP contribution in [0.2, 0.25) is 0 Å². The van der Waals surface area contributed by atoms with E-state index in [2.05, 4.69) is 15.9 Å². The van der Waals surface area contributed by atoms with Crippen LogP contribution in [0.3, 0.4) is 0 Å². The Morgan fingerprint density at radius 3 is 2.47 bits per heavy atom. The lowest BCUT2D eigenvalue weighted by molar-refractivity contribution is -0.149. The van der Waals surface area contributed by atoms with E-state index in [9.17, 15) is 13.2 Å². The molecule has 0 aromatic carbocycles. The van der Waals surface area contributed by atoms with Gasteiger partial charge in [-0.2, -0.15) is 13.2 Å². The van der Waals surface area contributed by atoms with Crippen LogP contribution in [0.5, 0.6) is 0 Å². The third-order valence-corrected chi connectivity index (χ3v) is 3.64. The van der Waals surface area contributed by atoms with Gasteiger partial charge in [-0.05, 0) is 12.8 Å². The Labute approximate surface area is 96.5 Å². The summed E-state index contributed by atoms with van der Waals surface area (Å²) in [6, 6.07) is 0. The standard InChI is InChI=1S/C10H16BrF3O/c11-8-4-2-1-3-5-9(8)15-7-6-10(12,13)14/h8-9H,1-7H2. The highest BCUT2D eigenvalue weighted by molar-refractivity contribution is 9.09. The fourth-order valence-corrected chi connectivity index (χ4v) is 2.48. The van der Waals surface area contributed by atoms with Gasteiger partial charge in [0.15, 0.2) is 0 Å². The lowest BCUT2D eigenvalue weighted by Crippen LogP contribution is -2.25. The van der Waals surface area contributed by atoms with E-state index < -0.39 is 12.6 Å². The molecule has 0 spiro atoms. The van der Waals surface area contributed by atoms with Crippen LogP contribution < -0.4 is 0 Å². The molecule has 1 saturated carbocycles. The van der Waals surface area contributed by atoms with Crippen molar-refractivity contribution in [1.29, 1.82) is 0 Å². The molecule has 0 aromatic heterocycles. The van der Waals surface area contributed by atoms with Crippen LogP contribution in [-0.2, 0) is 4.74 Å². The molecule has 5 heteroatoms. The molecule has 0 bridgehead atoms. The summed E-state index contributed by atoms with van der Waals surface area (Å²) in [7, 11) is 0. The first-order valence-corrected chi connectivity index (χ1v) is 6.23. The largest absolute Gasteiger partial charge is 0.391 e. The molecule has 2 atom stereocenters. The minimum atomic E-state index is -4.10. The molecule has 15 heavy (non-hydrogen) atoms. The van der Waals surface area contributed by atoms with E-state index in [0.717, 1.165) is 32.1 Å². The maximum absolute atomic E-state index is 11.9. The number of rotatable bonds is 3. The summed E-state index contributed by atoms with van der Waals surface area (Å²) < 4.78 is 41.0. The maximum Gasteiger partial charge on any atom is 0.391 e. The Bertz CT molecular complexity index is 184. The third kappa shape index (κ3) is 5.76. The molecule has 90 valence electrons. The Kier molecular flexibility index (Phi) is 5.39. The molecular weight excluding hydrogens is 273 g/mol. The molecule has 0 amide bonds. The van der Waals surface area contributed by atoms with Gasteiger partial charge in [-0.25, -0.2) is 0 Å². The molecule has 0 aliphatic heterocycles. The van der Waals surface area contributed by atoms with Crippen molar-refractivity contribution in [2.45, 2.75) is 55.6 Å². The molecule has 1 aliphatic carbocycles. The third-order valence-electron chi connectivity index (χ3n) is 2.59. The predicted molar refractivity (Wildman–Crippen MR) is 56.2 cm³/mol. The summed E-state index contributed by atoms with van der Waals surface area (Å²) in [5.74, 6) is 0. The van der Waals surface area contributed by atoms with Crippen LogP contribution >= 0.6 is 15.9 Å². The Morgan fingerprint density at radius 1 is 1.13 bits per heavy atom. The first-order valence-electron chi connectivity index (χ1n) is 5.31. The molecule has 1 nitrogen and oxygen atoms in total. The van der Waals surface area contributed by atoms with Crippen LogP contribution in [0.4, 0.5) is 13.2 Å². The van der Waals surface area contributed by atoms with Crippen molar-refractivity contribution in [3.05, 3.63) is 0 Å². The van der Waals surface area contributed by atoms with Crippen LogP contribution in [0.15, 0.2) is 0 Å². The number of ether oxygens (including phenoxy) is 1. The molecule has 0 heterocycles. The summed E-state index contributed by atoms with van der Waals surface area (Å²) in [6.45, 7) is -0.212. The lowest BCUT2D eigenvalue weighted by Gasteiger charge is -2.20. The van der Waals surface area contributed by atoms with Gasteiger partial charge in [0.25, 0.3) is 0 Å². The van der Waals surface area contributed by atoms with Crippen molar-refractivity contribution in [2.24, 2.45) is 0 Å². The number of halogens is 4. The molecule has 1 fully saturated rings. The van der Waals surface area contributed by atoms with Gasteiger partial charge in [0, 0.05) is 4.83 Å². The van der Waals surface area contributed by atoms with Gasteiger partial charge in [-0.1, -0.05) is 35.2 Å². The topological polar surface area (TPSA) is 9.23 Å². The van der Waals surface area contributed by atoms with Crippen molar-refractivity contribution in [2.75, 3.05) is 6.61 Å². The van der Waals surface area contributed by atoms with Gasteiger partial charge in [0.1, 0.15) is 0 Å². The molecule has 0 N–H and O–H groups in total. The van der Waals surface area contributed by atoms with Gasteiger partial charge < -0.3 is 4.74 Å². The average molecular weight is 289 g/mol. The molecular formula is C10H16BrF3O. The minimum Gasteiger partial charge on any atom is -0.377 e. The van der Waals surface area contributed by atoms with E-state index in [1.54, 1.807) is 0 Å². The number of hydrogen-bond donors (Lipinski definition) is 0. The Balaban J connectivity index is 2.23. The van der Waals surface area contributed by atoms with Crippen LogP contribution in [-0.4, -0.2) is 23.7 Å². The Hall–Kier alpha value is 0.230. The summed E-state index contributed by atoms with van der Waals surface area (Å²) in [4.78, 5) is 0.216. The monoisotopic (exact) mass is 288 g/mol. The average Bonchev–Trinajstić information content (AvgIpc) is 2.30. The molecule has 2 unspecified atom stereocenters. The van der Waals surface area contributed by atoms with Gasteiger partial charge in [0.2, 0.25) is 0 Å². The molecule has 0 saturated heterocycles. The molecule has 0 aromatic rings. The zero-order valence-corrected chi connectivity index (χ0v) is 10.1. The zero-order valence-electron chi connectivity index (χ0n) is 8.52. The molecule has 1 aliphatic rings. The SMILES string of the molecule is FC(F)(F)CCOC1CCCCCC1Br. The highest BCUT2D eigenvalue weighted by Gasteiger charge is 2.28. The quantitative estimate of drug-likeness (QED) is 0.562. The zero-order chi connectivity index (χ0) is 11.3. The minimum absolute atomic E-state index is 0.0464. The maximum atomic E-state index is 11.9. The van der Waals surface area contributed by atoms with Gasteiger partial charge >= 0.3 is 6.18 Å². The number of alkyl halides is 4. The van der Waals surface area contributed by atoms with Crippen LogP contribution in [0, 0.1) is 0 Å². The van der Waals surface area contributed by atoms with Gasteiger partial charge in [0.05, 0.1) is 19.1 Å². The van der Waals surface area contributed by atoms with E-state index in [1.807, 2.05) is 0 Å². The highest BCUT2D eigenvalue weighted by atomic mass is 79.9. The fourth-order valence-electron chi connectivity index (χ4n) is 1.74. The van der Waals surface area contributed by atoms with E-state index >= 15 is 0 Å². The molecule has 0 radical (unpaired) electrons. The van der Waals surface area contributed by atoms with E-state index in [4.69, 9.17) is 4.74 Å². The summed E-state index contributed by atoms with van der Waals surface area (Å²) >= 11 is 3.48. The van der Waals surface area contributed by atoms with E-state index in [0.29, 0.717) is 0 Å². The van der Waals surface area contributed by atoms with E-state index in [-0.39, 0.29) is 17.5 Å². The highest BCUT2D eigenvalue weighted by Crippen LogP contribution is 2.27. The predicted octanol–water partition coefficient (Wildman–Crippen LogP) is 4.05. The summed E-state index contributed by atoms with van der Waals surface area (Å²) in [6.07, 6.45) is 0.213. The van der Waals surface area contributed by atoms with Crippen LogP contribution in [0.25, 0.3) is 0 Å². The van der Waals surface area contributed by atoms with Crippen molar-refractivity contribution >= 4 is 15.9 Å². The van der Waals surface area contributed by atoms with Crippen molar-refractivity contribution < 1.29 is 17.9 Å². The second-order valence-electron chi connectivity index (χ2n) is 3.93. The second kappa shape index (κ2) is 6.09. The fraction of sp³-hybridized carbons (Fsp3) is 1.00. The number of hydrogen-bond acceptors (Lipinski definition) is 1. The lowest BCUT2D eigenvalue weighted by atomic mass is 10.1. The van der Waals surface area contributed by atoms with Gasteiger partial charge in [-0.3, -0.25) is 0 Å². The summed E-state index contributed by atoms with van der Waals surface area (Å²) in [5, 5.41) is 0. The van der Waals surface area contributed by atoms with Crippen molar-refractivity contribution in [3.8, 4) is 0 Å². The van der Waals surface area contributed by atoms with E-state index in [1.165, 1.54) is 0 Å². The van der Waals surface area contributed by atoms with Crippen molar-refractivity contribution in [1.82, 2.24) is 0 Å². The van der Waals surface area contributed by atoms with Crippen LogP contribution in [0.1, 0.15) is 38.5 Å². The Morgan fingerprint density at radius 2 is 1.80 bits per heavy atom. The summed E-state index contributed by atoms with van der Waals surface area (Å²) in [5.41, 5.74) is 0. The second-order valence-corrected chi connectivity index (χ2v) is 5.10. The van der Waals surface area contributed by atoms with Gasteiger partial charge in [-0.15, -0.1) is 0 Å². The molecule has 1 rings (SSSR count). The normalized spacial score (nSPS) is 28.8. The smallest absolute Gasteiger partial charge is 0.377 e. The first-order chi connectivity index (χ1) is 6.99.